The summed E-state index contributed by atoms with van der Waals surface area (Å²) in [6, 6.07) is 0. The molecule has 2 aromatic heterocycles. The van der Waals surface area contributed by atoms with Crippen molar-refractivity contribution in [2.75, 3.05) is 6.54 Å². The molecule has 122 valence electrons. The van der Waals surface area contributed by atoms with Gasteiger partial charge in [0.05, 0.1) is 6.20 Å². The van der Waals surface area contributed by atoms with E-state index in [-0.39, 0.29) is 18.0 Å². The summed E-state index contributed by atoms with van der Waals surface area (Å²) in [5.41, 5.74) is 1.70. The van der Waals surface area contributed by atoms with Crippen molar-refractivity contribution in [2.45, 2.75) is 38.6 Å². The molecule has 1 amide bonds. The van der Waals surface area contributed by atoms with E-state index in [9.17, 15) is 9.59 Å². The van der Waals surface area contributed by atoms with Crippen molar-refractivity contribution >= 4 is 16.9 Å². The maximum absolute atomic E-state index is 12.3. The molecule has 7 heteroatoms. The highest BCUT2D eigenvalue weighted by Crippen LogP contribution is 2.19. The van der Waals surface area contributed by atoms with E-state index in [1.807, 2.05) is 0 Å². The Labute approximate surface area is 134 Å². The number of nitrogens with zero attached hydrogens (tertiary/aromatic N) is 4. The minimum atomic E-state index is -0.242. The van der Waals surface area contributed by atoms with Crippen molar-refractivity contribution in [3.8, 4) is 0 Å². The van der Waals surface area contributed by atoms with E-state index in [0.717, 1.165) is 19.3 Å². The van der Waals surface area contributed by atoms with Crippen LogP contribution in [0.1, 0.15) is 32.1 Å². The summed E-state index contributed by atoms with van der Waals surface area (Å²) < 4.78 is 2.86. The van der Waals surface area contributed by atoms with Crippen LogP contribution in [0.3, 0.4) is 0 Å². The zero-order valence-corrected chi connectivity index (χ0v) is 13.3. The summed E-state index contributed by atoms with van der Waals surface area (Å²) in [6.45, 7) is 0.595. The molecule has 0 bridgehead atoms. The van der Waals surface area contributed by atoms with Crippen LogP contribution in [-0.2, 0) is 18.4 Å². The number of nitrogens with one attached hydrogen (secondary N) is 1. The van der Waals surface area contributed by atoms with Crippen LogP contribution < -0.4 is 10.9 Å². The highest BCUT2D eigenvalue weighted by Gasteiger charge is 2.11. The van der Waals surface area contributed by atoms with Gasteiger partial charge >= 0.3 is 0 Å². The summed E-state index contributed by atoms with van der Waals surface area (Å²) in [4.78, 5) is 28.5. The second-order valence-electron chi connectivity index (χ2n) is 5.89. The third kappa shape index (κ3) is 3.49. The minimum absolute atomic E-state index is 0.0181. The first-order chi connectivity index (χ1) is 11.1. The predicted molar refractivity (Wildman–Crippen MR) is 86.9 cm³/mol. The van der Waals surface area contributed by atoms with Gasteiger partial charge in [-0.05, 0) is 32.1 Å². The summed E-state index contributed by atoms with van der Waals surface area (Å²) in [7, 11) is 1.73. The molecule has 0 fully saturated rings. The Balaban J connectivity index is 1.58. The van der Waals surface area contributed by atoms with E-state index in [1.54, 1.807) is 11.7 Å². The van der Waals surface area contributed by atoms with Gasteiger partial charge < -0.3 is 5.32 Å². The number of rotatable bonds is 5. The quantitative estimate of drug-likeness (QED) is 0.839. The first-order valence-corrected chi connectivity index (χ1v) is 7.97. The second kappa shape index (κ2) is 6.76. The Kier molecular flexibility index (Phi) is 4.55. The smallest absolute Gasteiger partial charge is 0.264 e. The summed E-state index contributed by atoms with van der Waals surface area (Å²) in [6.07, 6.45) is 10.8. The van der Waals surface area contributed by atoms with Crippen molar-refractivity contribution < 1.29 is 4.79 Å². The lowest BCUT2D eigenvalue weighted by Crippen LogP contribution is -2.33. The Hall–Kier alpha value is -2.44. The maximum Gasteiger partial charge on any atom is 0.264 e. The van der Waals surface area contributed by atoms with Gasteiger partial charge in [0.2, 0.25) is 5.91 Å². The van der Waals surface area contributed by atoms with Gasteiger partial charge in [-0.25, -0.2) is 4.98 Å². The molecule has 0 radical (unpaired) electrons. The van der Waals surface area contributed by atoms with E-state index in [4.69, 9.17) is 0 Å². The normalized spacial score (nSPS) is 14.7. The number of hydrogen-bond donors (Lipinski definition) is 1. The van der Waals surface area contributed by atoms with Gasteiger partial charge in [0, 0.05) is 13.6 Å². The molecule has 1 aliphatic carbocycles. The zero-order valence-electron chi connectivity index (χ0n) is 13.3. The van der Waals surface area contributed by atoms with Crippen molar-refractivity contribution in [3.63, 3.8) is 0 Å². The number of carbonyl (C=O) groups is 1. The Bertz CT molecular complexity index is 802. The van der Waals surface area contributed by atoms with Gasteiger partial charge in [-0.2, -0.15) is 5.10 Å². The van der Waals surface area contributed by atoms with Crippen LogP contribution in [0, 0.1) is 0 Å². The topological polar surface area (TPSA) is 81.8 Å². The number of allylic oxidation sites excluding steroid dienone is 1. The van der Waals surface area contributed by atoms with Gasteiger partial charge in [-0.3, -0.25) is 18.8 Å². The highest BCUT2D eigenvalue weighted by atomic mass is 16.2. The lowest BCUT2D eigenvalue weighted by atomic mass is 9.97. The summed E-state index contributed by atoms with van der Waals surface area (Å²) in [5.74, 6) is -0.173. The molecule has 0 saturated carbocycles. The largest absolute Gasteiger partial charge is 0.354 e. The molecule has 1 N–H and O–H groups in total. The fraction of sp³-hybridized carbons (Fsp3) is 0.500. The van der Waals surface area contributed by atoms with Crippen LogP contribution in [0.15, 0.2) is 29.0 Å². The van der Waals surface area contributed by atoms with Crippen LogP contribution >= 0.6 is 0 Å². The fourth-order valence-corrected chi connectivity index (χ4v) is 2.88. The predicted octanol–water partition coefficient (Wildman–Crippen LogP) is 1.14. The molecule has 0 saturated heterocycles. The van der Waals surface area contributed by atoms with Gasteiger partial charge in [-0.1, -0.05) is 11.6 Å². The summed E-state index contributed by atoms with van der Waals surface area (Å²) in [5, 5.41) is 7.31. The molecule has 3 rings (SSSR count). The monoisotopic (exact) mass is 315 g/mol. The molecule has 1 aliphatic rings. The number of aryl methyl sites for hydroxylation is 1. The zero-order chi connectivity index (χ0) is 16.2. The van der Waals surface area contributed by atoms with Crippen LogP contribution in [0.4, 0.5) is 0 Å². The van der Waals surface area contributed by atoms with Gasteiger partial charge in [0.25, 0.3) is 5.56 Å². The third-order valence-electron chi connectivity index (χ3n) is 4.19. The van der Waals surface area contributed by atoms with Crippen LogP contribution in [0.2, 0.25) is 0 Å². The summed E-state index contributed by atoms with van der Waals surface area (Å²) >= 11 is 0. The molecule has 2 heterocycles. The molecule has 0 unspecified atom stereocenters. The van der Waals surface area contributed by atoms with Crippen molar-refractivity contribution in [2.24, 2.45) is 7.05 Å². The molecule has 0 spiro atoms. The first-order valence-electron chi connectivity index (χ1n) is 7.97. The molecule has 2 aromatic rings. The van der Waals surface area contributed by atoms with Gasteiger partial charge in [0.1, 0.15) is 18.3 Å². The highest BCUT2D eigenvalue weighted by molar-refractivity contribution is 5.77. The van der Waals surface area contributed by atoms with E-state index in [0.29, 0.717) is 17.6 Å². The second-order valence-corrected chi connectivity index (χ2v) is 5.89. The number of amides is 1. The average Bonchev–Trinajstić information content (AvgIpc) is 2.93. The van der Waals surface area contributed by atoms with E-state index < -0.39 is 0 Å². The van der Waals surface area contributed by atoms with Crippen molar-refractivity contribution in [1.82, 2.24) is 24.6 Å². The lowest BCUT2D eigenvalue weighted by molar-refractivity contribution is -0.121. The SMILES string of the molecule is Cn1ncc2c(=O)n(CC(=O)NCCC3=CCCCC3)cnc21. The number of fused-ring (bicyclic) bond motifs is 1. The Morgan fingerprint density at radius 3 is 3.04 bits per heavy atom. The van der Waals surface area contributed by atoms with E-state index >= 15 is 0 Å². The fourth-order valence-electron chi connectivity index (χ4n) is 2.88. The molecular weight excluding hydrogens is 294 g/mol. The van der Waals surface area contributed by atoms with Crippen molar-refractivity contribution in [1.29, 1.82) is 0 Å². The van der Waals surface area contributed by atoms with Crippen molar-refractivity contribution in [3.05, 3.63) is 34.5 Å². The standard InChI is InChI=1S/C16H21N5O2/c1-20-15-13(9-19-20)16(23)21(11-18-15)10-14(22)17-8-7-12-5-3-2-4-6-12/h5,9,11H,2-4,6-8,10H2,1H3,(H,17,22). The van der Waals surface area contributed by atoms with Crippen LogP contribution in [-0.4, -0.2) is 31.8 Å². The number of aromatic nitrogens is 4. The minimum Gasteiger partial charge on any atom is -0.354 e. The number of carbonyl (C=O) groups excluding carboxylic acids is 1. The number of hydrogen-bond acceptors (Lipinski definition) is 4. The Morgan fingerprint density at radius 1 is 1.39 bits per heavy atom. The maximum atomic E-state index is 12.3. The Morgan fingerprint density at radius 2 is 2.26 bits per heavy atom. The third-order valence-corrected chi connectivity index (χ3v) is 4.19. The van der Waals surface area contributed by atoms with Crippen LogP contribution in [0.25, 0.3) is 11.0 Å². The van der Waals surface area contributed by atoms with Gasteiger partial charge in [-0.15, -0.1) is 0 Å². The first kappa shape index (κ1) is 15.5. The average molecular weight is 315 g/mol. The molecule has 0 aromatic carbocycles. The molecule has 23 heavy (non-hydrogen) atoms. The van der Waals surface area contributed by atoms with E-state index in [1.165, 1.54) is 35.5 Å². The van der Waals surface area contributed by atoms with E-state index in [2.05, 4.69) is 21.5 Å². The van der Waals surface area contributed by atoms with Gasteiger partial charge in [0.15, 0.2) is 5.65 Å². The molecule has 0 atom stereocenters. The molecule has 7 nitrogen and oxygen atoms in total. The van der Waals surface area contributed by atoms with Crippen LogP contribution in [0.5, 0.6) is 0 Å². The molecular formula is C16H21N5O2. The lowest BCUT2D eigenvalue weighted by Gasteiger charge is -2.13. The molecule has 0 aliphatic heterocycles.